The second-order valence-electron chi connectivity index (χ2n) is 4.19. The fourth-order valence-corrected chi connectivity index (χ4v) is 1.33. The summed E-state index contributed by atoms with van der Waals surface area (Å²) in [6.45, 7) is 8.42. The van der Waals surface area contributed by atoms with Gasteiger partial charge < -0.3 is 14.2 Å². The third kappa shape index (κ3) is 6.99. The van der Waals surface area contributed by atoms with Gasteiger partial charge in [0.25, 0.3) is 0 Å². The molecule has 0 saturated carbocycles. The smallest absolute Gasteiger partial charge is 0.302 e. The summed E-state index contributed by atoms with van der Waals surface area (Å²) in [5.41, 5.74) is -0.315. The molecular weight excluding hydrogens is 232 g/mol. The fourth-order valence-electron chi connectivity index (χ4n) is 1.33. The van der Waals surface area contributed by atoms with Crippen molar-refractivity contribution in [2.75, 3.05) is 19.8 Å². The summed E-state index contributed by atoms with van der Waals surface area (Å²) in [7, 11) is 0. The molecule has 4 heteroatoms. The minimum atomic E-state index is -0.315. The molecular formula is C14H24O4. The number of ether oxygens (including phenoxy) is 3. The summed E-state index contributed by atoms with van der Waals surface area (Å²) in [5.74, 6) is -0.287. The molecule has 0 aromatic rings. The van der Waals surface area contributed by atoms with Crippen molar-refractivity contribution in [3.05, 3.63) is 24.7 Å². The van der Waals surface area contributed by atoms with Gasteiger partial charge in [0, 0.05) is 6.92 Å². The topological polar surface area (TPSA) is 44.8 Å². The van der Waals surface area contributed by atoms with Crippen LogP contribution in [0.3, 0.4) is 0 Å². The van der Waals surface area contributed by atoms with Crippen LogP contribution in [0, 0.1) is 5.41 Å². The average molecular weight is 256 g/mol. The van der Waals surface area contributed by atoms with E-state index in [1.165, 1.54) is 6.92 Å². The maximum Gasteiger partial charge on any atom is 0.302 e. The molecule has 18 heavy (non-hydrogen) atoms. The zero-order valence-electron chi connectivity index (χ0n) is 11.8. The van der Waals surface area contributed by atoms with Gasteiger partial charge in [-0.25, -0.2) is 0 Å². The first-order chi connectivity index (χ1) is 8.60. The summed E-state index contributed by atoms with van der Waals surface area (Å²) in [6, 6.07) is 0. The zero-order valence-corrected chi connectivity index (χ0v) is 11.8. The van der Waals surface area contributed by atoms with Crippen LogP contribution in [0.1, 0.15) is 34.1 Å². The lowest BCUT2D eigenvalue weighted by Gasteiger charge is -2.30. The highest BCUT2D eigenvalue weighted by Gasteiger charge is 2.31. The van der Waals surface area contributed by atoms with Crippen molar-refractivity contribution in [1.82, 2.24) is 0 Å². The molecule has 0 aromatic carbocycles. The first kappa shape index (κ1) is 16.6. The summed E-state index contributed by atoms with van der Waals surface area (Å²) in [6.07, 6.45) is 7.70. The molecule has 0 atom stereocenters. The van der Waals surface area contributed by atoms with Crippen LogP contribution in [0.15, 0.2) is 24.7 Å². The van der Waals surface area contributed by atoms with Crippen LogP contribution in [-0.4, -0.2) is 25.8 Å². The van der Waals surface area contributed by atoms with Crippen LogP contribution in [0.25, 0.3) is 0 Å². The number of allylic oxidation sites excluding steroid dienone is 2. The van der Waals surface area contributed by atoms with Gasteiger partial charge >= 0.3 is 5.97 Å². The summed E-state index contributed by atoms with van der Waals surface area (Å²) < 4.78 is 16.0. The second-order valence-corrected chi connectivity index (χ2v) is 4.19. The van der Waals surface area contributed by atoms with Gasteiger partial charge in [-0.1, -0.05) is 19.1 Å². The van der Waals surface area contributed by atoms with Crippen molar-refractivity contribution < 1.29 is 19.0 Å². The second kappa shape index (κ2) is 9.57. The molecule has 0 unspecified atom stereocenters. The van der Waals surface area contributed by atoms with Crippen LogP contribution in [0.2, 0.25) is 0 Å². The van der Waals surface area contributed by atoms with Gasteiger partial charge in [0.1, 0.15) is 6.61 Å². The maximum atomic E-state index is 10.9. The van der Waals surface area contributed by atoms with Gasteiger partial charge in [-0.3, -0.25) is 4.79 Å². The van der Waals surface area contributed by atoms with Crippen molar-refractivity contribution in [1.29, 1.82) is 0 Å². The Morgan fingerprint density at radius 1 is 1.06 bits per heavy atom. The van der Waals surface area contributed by atoms with E-state index < -0.39 is 0 Å². The average Bonchev–Trinajstić information content (AvgIpc) is 2.36. The molecule has 0 aliphatic rings. The highest BCUT2D eigenvalue weighted by molar-refractivity contribution is 5.65. The van der Waals surface area contributed by atoms with E-state index in [4.69, 9.17) is 14.2 Å². The number of esters is 1. The van der Waals surface area contributed by atoms with Crippen molar-refractivity contribution in [2.24, 2.45) is 5.41 Å². The largest absolute Gasteiger partial charge is 0.501 e. The highest BCUT2D eigenvalue weighted by atomic mass is 16.5. The number of hydrogen-bond donors (Lipinski definition) is 0. The lowest BCUT2D eigenvalue weighted by Crippen LogP contribution is -2.36. The Bertz CT molecular complexity index is 266. The van der Waals surface area contributed by atoms with E-state index >= 15 is 0 Å². The zero-order chi connectivity index (χ0) is 13.9. The van der Waals surface area contributed by atoms with E-state index in [-0.39, 0.29) is 11.4 Å². The fraction of sp³-hybridized carbons (Fsp3) is 0.643. The Morgan fingerprint density at radius 3 is 1.89 bits per heavy atom. The predicted octanol–water partition coefficient (Wildman–Crippen LogP) is 3.05. The van der Waals surface area contributed by atoms with Crippen LogP contribution in [0.5, 0.6) is 0 Å². The first-order valence-corrected chi connectivity index (χ1v) is 6.19. The Kier molecular flexibility index (Phi) is 8.80. The Morgan fingerprint density at radius 2 is 1.56 bits per heavy atom. The van der Waals surface area contributed by atoms with Crippen LogP contribution in [-0.2, 0) is 19.0 Å². The van der Waals surface area contributed by atoms with Crippen molar-refractivity contribution in [2.45, 2.75) is 34.1 Å². The Balaban J connectivity index is 4.53. The highest BCUT2D eigenvalue weighted by Crippen LogP contribution is 2.24. The molecule has 0 bridgehead atoms. The molecule has 0 rings (SSSR count). The molecule has 104 valence electrons. The van der Waals surface area contributed by atoms with Crippen LogP contribution < -0.4 is 0 Å². The van der Waals surface area contributed by atoms with E-state index in [2.05, 4.69) is 0 Å². The van der Waals surface area contributed by atoms with Crippen molar-refractivity contribution >= 4 is 5.97 Å². The number of carbonyl (C=O) groups excluding carboxylic acids is 1. The molecule has 0 aliphatic carbocycles. The van der Waals surface area contributed by atoms with E-state index in [1.807, 2.05) is 32.9 Å². The summed E-state index contributed by atoms with van der Waals surface area (Å²) in [4.78, 5) is 10.9. The van der Waals surface area contributed by atoms with E-state index in [0.717, 1.165) is 6.42 Å². The number of hydrogen-bond acceptors (Lipinski definition) is 4. The van der Waals surface area contributed by atoms with Gasteiger partial charge in [-0.15, -0.1) is 0 Å². The van der Waals surface area contributed by atoms with Gasteiger partial charge in [-0.05, 0) is 20.3 Å². The standard InChI is InChI=1S/C14H24O4/c1-5-8-16-10-14(7-3,11-17-9-6-2)12-18-13(4)15/h5-6,8-9H,7,10-12H2,1-4H3/b8-5+,9-6+. The minimum absolute atomic E-state index is 0.287. The number of carbonyl (C=O) groups is 1. The maximum absolute atomic E-state index is 10.9. The SMILES string of the molecule is C/C=C/OCC(CC)(CO/C=C/C)COC(C)=O. The molecule has 0 amide bonds. The van der Waals surface area contributed by atoms with E-state index in [1.54, 1.807) is 12.5 Å². The number of rotatable bonds is 9. The summed E-state index contributed by atoms with van der Waals surface area (Å²) in [5, 5.41) is 0. The third-order valence-corrected chi connectivity index (χ3v) is 2.58. The van der Waals surface area contributed by atoms with Crippen molar-refractivity contribution in [3.8, 4) is 0 Å². The quantitative estimate of drug-likeness (QED) is 0.470. The lowest BCUT2D eigenvalue weighted by molar-refractivity contribution is -0.147. The predicted molar refractivity (Wildman–Crippen MR) is 70.9 cm³/mol. The lowest BCUT2D eigenvalue weighted by atomic mass is 9.88. The Hall–Kier alpha value is -1.45. The van der Waals surface area contributed by atoms with E-state index in [9.17, 15) is 4.79 Å². The molecule has 0 saturated heterocycles. The molecule has 0 fully saturated rings. The molecule has 0 radical (unpaired) electrons. The van der Waals surface area contributed by atoms with Gasteiger partial charge in [0.05, 0.1) is 31.2 Å². The minimum Gasteiger partial charge on any atom is -0.501 e. The molecule has 0 heterocycles. The monoisotopic (exact) mass is 256 g/mol. The first-order valence-electron chi connectivity index (χ1n) is 6.19. The molecule has 0 aliphatic heterocycles. The van der Waals surface area contributed by atoms with Crippen molar-refractivity contribution in [3.63, 3.8) is 0 Å². The normalized spacial score (nSPS) is 12.0. The molecule has 0 aromatic heterocycles. The van der Waals surface area contributed by atoms with E-state index in [0.29, 0.717) is 19.8 Å². The van der Waals surface area contributed by atoms with Gasteiger partial charge in [0.2, 0.25) is 0 Å². The Labute approximate surface area is 110 Å². The van der Waals surface area contributed by atoms with Gasteiger partial charge in [0.15, 0.2) is 0 Å². The van der Waals surface area contributed by atoms with Crippen LogP contribution in [0.4, 0.5) is 0 Å². The molecule has 0 spiro atoms. The van der Waals surface area contributed by atoms with Crippen LogP contribution >= 0.6 is 0 Å². The summed E-state index contributed by atoms with van der Waals surface area (Å²) >= 11 is 0. The molecule has 0 N–H and O–H groups in total. The molecule has 4 nitrogen and oxygen atoms in total. The van der Waals surface area contributed by atoms with Gasteiger partial charge in [-0.2, -0.15) is 0 Å². The third-order valence-electron chi connectivity index (χ3n) is 2.58.